The first kappa shape index (κ1) is 31.8. The number of nitrogens with zero attached hydrogens (tertiary/aromatic N) is 2. The molecule has 4 fully saturated rings. The van der Waals surface area contributed by atoms with E-state index in [-0.39, 0.29) is 24.3 Å². The van der Waals surface area contributed by atoms with E-state index in [1.165, 1.54) is 17.8 Å². The zero-order valence-electron chi connectivity index (χ0n) is 25.0. The zero-order chi connectivity index (χ0) is 30.0. The number of hydroxylamine groups is 2. The maximum Gasteiger partial charge on any atom is 0.246 e. The molecule has 2 aliphatic carbocycles. The Bertz CT molecular complexity index is 1180. The molecule has 1 aromatic heterocycles. The molecule has 3 heterocycles. The molecule has 0 radical (unpaired) electrons. The number of anilines is 2. The summed E-state index contributed by atoms with van der Waals surface area (Å²) < 4.78 is 6.09. The van der Waals surface area contributed by atoms with E-state index in [9.17, 15) is 14.8 Å². The van der Waals surface area contributed by atoms with Gasteiger partial charge in [0.1, 0.15) is 0 Å². The van der Waals surface area contributed by atoms with Crippen molar-refractivity contribution >= 4 is 34.0 Å². The van der Waals surface area contributed by atoms with E-state index in [1.807, 2.05) is 29.6 Å². The minimum absolute atomic E-state index is 0.0740. The van der Waals surface area contributed by atoms with Gasteiger partial charge in [0, 0.05) is 36.1 Å². The van der Waals surface area contributed by atoms with Gasteiger partial charge in [0.15, 0.2) is 5.13 Å². The molecule has 2 aromatic rings. The zero-order valence-corrected chi connectivity index (χ0v) is 25.8. The molecule has 4 aliphatic rings. The normalized spacial score (nSPS) is 26.1. The highest BCUT2D eigenvalue weighted by Crippen LogP contribution is 2.43. The number of ether oxygens (including phenoxy) is 1. The smallest absolute Gasteiger partial charge is 0.246 e. The number of thiazole rings is 1. The molecule has 2 aliphatic heterocycles. The Morgan fingerprint density at radius 2 is 1.79 bits per heavy atom. The molecular formula is C32H46N4O6S. The number of benzene rings is 1. The lowest BCUT2D eigenvalue weighted by Gasteiger charge is -2.42. The van der Waals surface area contributed by atoms with Crippen molar-refractivity contribution in [3.05, 3.63) is 29.6 Å². The van der Waals surface area contributed by atoms with E-state index in [1.54, 1.807) is 0 Å². The first-order chi connectivity index (χ1) is 20.9. The van der Waals surface area contributed by atoms with Gasteiger partial charge in [0.05, 0.1) is 31.1 Å². The Morgan fingerprint density at radius 3 is 2.58 bits per heavy atom. The van der Waals surface area contributed by atoms with Crippen LogP contribution < -0.4 is 11.1 Å². The predicted octanol–water partition coefficient (Wildman–Crippen LogP) is 6.21. The predicted molar refractivity (Wildman–Crippen MR) is 165 cm³/mol. The van der Waals surface area contributed by atoms with Crippen molar-refractivity contribution in [3.8, 4) is 11.3 Å². The molecule has 6 rings (SSSR count). The van der Waals surface area contributed by atoms with E-state index in [0.717, 1.165) is 61.3 Å². The molecular weight excluding hydrogens is 568 g/mol. The van der Waals surface area contributed by atoms with E-state index in [0.29, 0.717) is 74.1 Å². The summed E-state index contributed by atoms with van der Waals surface area (Å²) in [6.45, 7) is 1.45. The highest BCUT2D eigenvalue weighted by molar-refractivity contribution is 7.14. The number of nitrogens with two attached hydrogens (primary N) is 1. The van der Waals surface area contributed by atoms with Crippen LogP contribution in [0.15, 0.2) is 29.6 Å². The Morgan fingerprint density at radius 1 is 1.02 bits per heavy atom. The largest absolute Gasteiger partial charge is 0.399 e. The lowest BCUT2D eigenvalue weighted by atomic mass is 9.67. The number of unbranched alkanes of at least 4 members (excludes halogenated alkanes) is 3. The molecule has 2 amide bonds. The fourth-order valence-corrected chi connectivity index (χ4v) is 7.62. The number of carbonyl (C=O) groups excluding carboxylic acids is 2. The number of rotatable bonds is 10. The summed E-state index contributed by atoms with van der Waals surface area (Å²) in [6.07, 6.45) is 10.8. The van der Waals surface area contributed by atoms with Crippen LogP contribution in [0.25, 0.3) is 11.3 Å². The van der Waals surface area contributed by atoms with Crippen LogP contribution in [0.5, 0.6) is 0 Å². The van der Waals surface area contributed by atoms with Gasteiger partial charge in [-0.3, -0.25) is 14.8 Å². The van der Waals surface area contributed by atoms with Crippen molar-refractivity contribution in [2.75, 3.05) is 30.9 Å². The lowest BCUT2D eigenvalue weighted by Crippen LogP contribution is -2.42. The van der Waals surface area contributed by atoms with Crippen molar-refractivity contribution in [3.63, 3.8) is 0 Å². The van der Waals surface area contributed by atoms with Crippen molar-refractivity contribution in [1.29, 1.82) is 0 Å². The highest BCUT2D eigenvalue weighted by atomic mass is 32.1. The number of hydrogen-bond acceptors (Lipinski definition) is 9. The van der Waals surface area contributed by atoms with Crippen LogP contribution in [0.3, 0.4) is 0 Å². The van der Waals surface area contributed by atoms with Gasteiger partial charge < -0.3 is 15.8 Å². The van der Waals surface area contributed by atoms with Crippen LogP contribution in [0, 0.1) is 17.8 Å². The third-order valence-electron chi connectivity index (χ3n) is 8.90. The van der Waals surface area contributed by atoms with Crippen LogP contribution in [0.1, 0.15) is 83.5 Å². The van der Waals surface area contributed by atoms with Crippen LogP contribution in [-0.2, 0) is 24.1 Å². The molecule has 4 bridgehead atoms. The maximum absolute atomic E-state index is 12.8. The number of nitrogen functional groups attached to an aromatic ring is 1. The standard InChI is InChI=1S/C32H46N4O6S/c33-26-8-5-7-25(18-26)29-21-43-32(34-29)35-30(37)10-3-1-2-4-11-31(38)36(39)27-9-6-12-41-42-28-16-22-13-23(17-28)15-24(14-22)19-40-20-27/h5,7-8,18,21-24,27-28,39H,1-4,6,9-17,19-20,33H2,(H,34,35,37). The van der Waals surface area contributed by atoms with E-state index < -0.39 is 6.04 Å². The monoisotopic (exact) mass is 614 g/mol. The summed E-state index contributed by atoms with van der Waals surface area (Å²) in [7, 11) is 0. The van der Waals surface area contributed by atoms with Crippen LogP contribution >= 0.6 is 11.3 Å². The summed E-state index contributed by atoms with van der Waals surface area (Å²) >= 11 is 1.39. The first-order valence-electron chi connectivity index (χ1n) is 15.9. The molecule has 2 saturated heterocycles. The molecule has 10 nitrogen and oxygen atoms in total. The van der Waals surface area contributed by atoms with Crippen LogP contribution in [0.4, 0.5) is 10.8 Å². The van der Waals surface area contributed by atoms with Gasteiger partial charge in [0.2, 0.25) is 11.8 Å². The van der Waals surface area contributed by atoms with Gasteiger partial charge in [-0.25, -0.2) is 19.8 Å². The molecule has 2 saturated carbocycles. The van der Waals surface area contributed by atoms with Crippen molar-refractivity contribution in [2.45, 2.75) is 95.6 Å². The van der Waals surface area contributed by atoms with Gasteiger partial charge in [-0.05, 0) is 87.7 Å². The average Bonchev–Trinajstić information content (AvgIpc) is 3.45. The number of amides is 2. The summed E-state index contributed by atoms with van der Waals surface area (Å²) in [6, 6.07) is 7.09. The first-order valence-corrected chi connectivity index (χ1v) is 16.8. The molecule has 1 aromatic carbocycles. The van der Waals surface area contributed by atoms with E-state index >= 15 is 0 Å². The van der Waals surface area contributed by atoms with Crippen molar-refractivity contribution < 1.29 is 29.3 Å². The van der Waals surface area contributed by atoms with E-state index in [4.69, 9.17) is 20.2 Å². The fraction of sp³-hybridized carbons (Fsp3) is 0.656. The van der Waals surface area contributed by atoms with Crippen molar-refractivity contribution in [2.24, 2.45) is 17.8 Å². The number of hydrogen-bond donors (Lipinski definition) is 3. The Balaban J connectivity index is 0.975. The second-order valence-electron chi connectivity index (χ2n) is 12.5. The highest BCUT2D eigenvalue weighted by Gasteiger charge is 2.37. The maximum atomic E-state index is 12.8. The third kappa shape index (κ3) is 9.71. The van der Waals surface area contributed by atoms with Gasteiger partial charge >= 0.3 is 0 Å². The molecule has 11 heteroatoms. The third-order valence-corrected chi connectivity index (χ3v) is 9.66. The average molecular weight is 615 g/mol. The molecule has 3 unspecified atom stereocenters. The van der Waals surface area contributed by atoms with Gasteiger partial charge in [-0.1, -0.05) is 25.0 Å². The van der Waals surface area contributed by atoms with Gasteiger partial charge in [-0.2, -0.15) is 0 Å². The molecule has 4 N–H and O–H groups in total. The van der Waals surface area contributed by atoms with Gasteiger partial charge in [-0.15, -0.1) is 11.3 Å². The summed E-state index contributed by atoms with van der Waals surface area (Å²) in [5.74, 6) is 1.52. The van der Waals surface area contributed by atoms with Crippen LogP contribution in [0.2, 0.25) is 0 Å². The molecule has 3 atom stereocenters. The fourth-order valence-electron chi connectivity index (χ4n) is 6.89. The second-order valence-corrected chi connectivity index (χ2v) is 13.4. The topological polar surface area (TPSA) is 136 Å². The quantitative estimate of drug-likeness (QED) is 0.0945. The Labute approximate surface area is 258 Å². The lowest BCUT2D eigenvalue weighted by molar-refractivity contribution is -0.335. The van der Waals surface area contributed by atoms with E-state index in [2.05, 4.69) is 10.3 Å². The molecule has 0 spiro atoms. The summed E-state index contributed by atoms with van der Waals surface area (Å²) in [5, 5.41) is 17.0. The minimum Gasteiger partial charge on any atom is -0.399 e. The van der Waals surface area contributed by atoms with Crippen molar-refractivity contribution in [1.82, 2.24) is 10.0 Å². The molecule has 43 heavy (non-hydrogen) atoms. The summed E-state index contributed by atoms with van der Waals surface area (Å²) in [5.41, 5.74) is 8.22. The number of carbonyl (C=O) groups is 2. The Hall–Kier alpha value is -2.57. The number of fused-ring (bicyclic) bond motifs is 8. The number of aromatic nitrogens is 1. The van der Waals surface area contributed by atoms with Crippen LogP contribution in [-0.4, -0.2) is 59.0 Å². The van der Waals surface area contributed by atoms with Gasteiger partial charge in [0.25, 0.3) is 0 Å². The summed E-state index contributed by atoms with van der Waals surface area (Å²) in [4.78, 5) is 40.9. The number of nitrogens with one attached hydrogen (secondary N) is 1. The SMILES string of the molecule is Nc1cccc(-c2csc(NC(=O)CCCCCCC(=O)N(O)C3CCCOOC4CC5CC(COC3)CC(C5)C4)n2)c1. The second kappa shape index (κ2) is 15.9. The minimum atomic E-state index is -0.401. The Kier molecular flexibility index (Phi) is 11.8. The molecule has 236 valence electrons.